The Morgan fingerprint density at radius 1 is 1.45 bits per heavy atom. The van der Waals surface area contributed by atoms with E-state index in [0.717, 1.165) is 21.0 Å². The fraction of sp³-hybridized carbons (Fsp3) is 0.375. The molecule has 1 heterocycles. The van der Waals surface area contributed by atoms with Gasteiger partial charge in [0.1, 0.15) is 5.01 Å². The topological polar surface area (TPSA) is 74.2 Å². The number of nitrogens with one attached hydrogen (secondary N) is 2. The van der Waals surface area contributed by atoms with Gasteiger partial charge in [-0.2, -0.15) is 0 Å². The Kier molecular flexibility index (Phi) is 4.13. The maximum Gasteiger partial charge on any atom is 0.315 e. The minimum atomic E-state index is -0.583. The van der Waals surface area contributed by atoms with Crippen molar-refractivity contribution in [2.45, 2.75) is 38.5 Å². The average molecular weight is 317 g/mol. The van der Waals surface area contributed by atoms with Crippen LogP contribution in [0.3, 0.4) is 0 Å². The highest BCUT2D eigenvalue weighted by Crippen LogP contribution is 2.31. The molecule has 0 saturated carbocycles. The van der Waals surface area contributed by atoms with Crippen LogP contribution in [0, 0.1) is 6.92 Å². The predicted octanol–water partition coefficient (Wildman–Crippen LogP) is 2.47. The van der Waals surface area contributed by atoms with Crippen molar-refractivity contribution < 1.29 is 9.90 Å². The molecule has 22 heavy (non-hydrogen) atoms. The summed E-state index contributed by atoms with van der Waals surface area (Å²) < 4.78 is 0. The summed E-state index contributed by atoms with van der Waals surface area (Å²) in [6.45, 7) is 3.89. The van der Waals surface area contributed by atoms with E-state index in [1.165, 1.54) is 0 Å². The van der Waals surface area contributed by atoms with E-state index >= 15 is 0 Å². The lowest BCUT2D eigenvalue weighted by atomic mass is 10.1. The number of hydrogen-bond donors (Lipinski definition) is 3. The van der Waals surface area contributed by atoms with Crippen LogP contribution in [0.4, 0.5) is 4.79 Å². The van der Waals surface area contributed by atoms with E-state index in [9.17, 15) is 9.90 Å². The number of urea groups is 1. The summed E-state index contributed by atoms with van der Waals surface area (Å²) in [5.74, 6) is 0. The van der Waals surface area contributed by atoms with E-state index in [1.54, 1.807) is 17.5 Å². The first-order chi connectivity index (χ1) is 10.5. The minimum Gasteiger partial charge on any atom is -0.390 e. The number of aryl methyl sites for hydroxylation is 1. The molecule has 0 radical (unpaired) electrons. The molecule has 0 fully saturated rings. The van der Waals surface area contributed by atoms with Crippen molar-refractivity contribution in [2.75, 3.05) is 0 Å². The second-order valence-electron chi connectivity index (χ2n) is 5.60. The highest BCUT2D eigenvalue weighted by atomic mass is 32.1. The molecule has 1 aromatic carbocycles. The summed E-state index contributed by atoms with van der Waals surface area (Å²) in [7, 11) is 0. The Bertz CT molecular complexity index is 686. The van der Waals surface area contributed by atoms with E-state index < -0.39 is 6.10 Å². The van der Waals surface area contributed by atoms with Gasteiger partial charge < -0.3 is 15.7 Å². The molecule has 0 bridgehead atoms. The molecule has 3 rings (SSSR count). The number of benzene rings is 1. The Labute approximate surface area is 133 Å². The number of carbonyl (C=O) groups is 1. The summed E-state index contributed by atoms with van der Waals surface area (Å²) in [5.41, 5.74) is 2.08. The first-order valence-electron chi connectivity index (χ1n) is 7.30. The lowest BCUT2D eigenvalue weighted by Crippen LogP contribution is -2.41. The molecule has 3 N–H and O–H groups in total. The van der Waals surface area contributed by atoms with Gasteiger partial charge in [0, 0.05) is 17.5 Å². The summed E-state index contributed by atoms with van der Waals surface area (Å²) in [6.07, 6.45) is 1.79. The van der Waals surface area contributed by atoms with Gasteiger partial charge in [-0.1, -0.05) is 24.3 Å². The predicted molar refractivity (Wildman–Crippen MR) is 85.8 cm³/mol. The van der Waals surface area contributed by atoms with Crippen molar-refractivity contribution in [3.8, 4) is 0 Å². The molecule has 0 aliphatic heterocycles. The van der Waals surface area contributed by atoms with Crippen LogP contribution in [0.5, 0.6) is 0 Å². The Morgan fingerprint density at radius 3 is 2.95 bits per heavy atom. The zero-order chi connectivity index (χ0) is 15.7. The van der Waals surface area contributed by atoms with Gasteiger partial charge in [-0.05, 0) is 25.0 Å². The molecule has 3 atom stereocenters. The Hall–Kier alpha value is -1.92. The normalized spacial score (nSPS) is 21.2. The molecule has 6 heteroatoms. The molecule has 116 valence electrons. The van der Waals surface area contributed by atoms with Crippen molar-refractivity contribution in [2.24, 2.45) is 0 Å². The number of hydrogen-bond acceptors (Lipinski definition) is 4. The fourth-order valence-corrected chi connectivity index (χ4v) is 3.54. The van der Waals surface area contributed by atoms with Crippen molar-refractivity contribution in [3.63, 3.8) is 0 Å². The van der Waals surface area contributed by atoms with Crippen LogP contribution in [-0.2, 0) is 6.42 Å². The number of fused-ring (bicyclic) bond motifs is 1. The molecule has 0 spiro atoms. The van der Waals surface area contributed by atoms with Gasteiger partial charge in [-0.15, -0.1) is 11.3 Å². The van der Waals surface area contributed by atoms with Crippen LogP contribution in [-0.4, -0.2) is 22.2 Å². The number of aliphatic hydroxyl groups excluding tert-OH is 1. The Balaban J connectivity index is 1.65. The van der Waals surface area contributed by atoms with Crippen LogP contribution in [0.1, 0.15) is 40.0 Å². The molecule has 0 saturated heterocycles. The summed E-state index contributed by atoms with van der Waals surface area (Å²) >= 11 is 1.57. The van der Waals surface area contributed by atoms with E-state index in [1.807, 2.05) is 38.1 Å². The van der Waals surface area contributed by atoms with Crippen LogP contribution in [0.2, 0.25) is 0 Å². The van der Waals surface area contributed by atoms with Crippen LogP contribution < -0.4 is 10.6 Å². The molecular formula is C16H19N3O2S. The van der Waals surface area contributed by atoms with Crippen LogP contribution in [0.15, 0.2) is 30.5 Å². The maximum absolute atomic E-state index is 12.2. The standard InChI is InChI=1S/C16H19N3O2S/c1-9-8-17-15(22-9)10(2)18-16(21)19-14-12-6-4-3-5-11(12)7-13(14)20/h3-6,8,10,13-14,20H,7H2,1-2H3,(H2,18,19,21). The van der Waals surface area contributed by atoms with Gasteiger partial charge in [-0.3, -0.25) is 0 Å². The first kappa shape index (κ1) is 15.0. The van der Waals surface area contributed by atoms with E-state index in [0.29, 0.717) is 6.42 Å². The van der Waals surface area contributed by atoms with Crippen molar-refractivity contribution in [3.05, 3.63) is 51.5 Å². The fourth-order valence-electron chi connectivity index (χ4n) is 2.76. The molecular weight excluding hydrogens is 298 g/mol. The second-order valence-corrected chi connectivity index (χ2v) is 6.86. The van der Waals surface area contributed by atoms with E-state index in [2.05, 4.69) is 15.6 Å². The third-order valence-electron chi connectivity index (χ3n) is 3.85. The monoisotopic (exact) mass is 317 g/mol. The van der Waals surface area contributed by atoms with Gasteiger partial charge in [0.2, 0.25) is 0 Å². The molecule has 1 aliphatic carbocycles. The number of carbonyl (C=O) groups excluding carboxylic acids is 1. The lowest BCUT2D eigenvalue weighted by molar-refractivity contribution is 0.142. The Morgan fingerprint density at radius 2 is 2.23 bits per heavy atom. The minimum absolute atomic E-state index is 0.160. The number of aromatic nitrogens is 1. The number of nitrogens with zero attached hydrogens (tertiary/aromatic N) is 1. The SMILES string of the molecule is Cc1cnc(C(C)NC(=O)NC2c3ccccc3CC2O)s1. The zero-order valence-electron chi connectivity index (χ0n) is 12.5. The lowest BCUT2D eigenvalue weighted by Gasteiger charge is -2.20. The molecule has 1 aliphatic rings. The van der Waals surface area contributed by atoms with Crippen molar-refractivity contribution in [1.29, 1.82) is 0 Å². The number of thiazole rings is 1. The molecule has 3 unspecified atom stereocenters. The van der Waals surface area contributed by atoms with Gasteiger partial charge in [0.25, 0.3) is 0 Å². The van der Waals surface area contributed by atoms with E-state index in [-0.39, 0.29) is 18.1 Å². The summed E-state index contributed by atoms with van der Waals surface area (Å²) in [6, 6.07) is 6.99. The smallest absolute Gasteiger partial charge is 0.315 e. The average Bonchev–Trinajstić information content (AvgIpc) is 3.04. The maximum atomic E-state index is 12.2. The number of aliphatic hydroxyl groups is 1. The van der Waals surface area contributed by atoms with Gasteiger partial charge in [-0.25, -0.2) is 9.78 Å². The third kappa shape index (κ3) is 2.98. The van der Waals surface area contributed by atoms with Gasteiger partial charge >= 0.3 is 6.03 Å². The van der Waals surface area contributed by atoms with Crippen LogP contribution >= 0.6 is 11.3 Å². The summed E-state index contributed by atoms with van der Waals surface area (Å²) in [5, 5.41) is 16.8. The van der Waals surface area contributed by atoms with Crippen LogP contribution in [0.25, 0.3) is 0 Å². The zero-order valence-corrected chi connectivity index (χ0v) is 13.4. The highest BCUT2D eigenvalue weighted by Gasteiger charge is 2.32. The molecule has 2 aromatic rings. The third-order valence-corrected chi connectivity index (χ3v) is 4.94. The van der Waals surface area contributed by atoms with Crippen molar-refractivity contribution >= 4 is 17.4 Å². The first-order valence-corrected chi connectivity index (χ1v) is 8.11. The van der Waals surface area contributed by atoms with Gasteiger partial charge in [0.15, 0.2) is 0 Å². The molecule has 1 aromatic heterocycles. The highest BCUT2D eigenvalue weighted by molar-refractivity contribution is 7.11. The second kappa shape index (κ2) is 6.06. The largest absolute Gasteiger partial charge is 0.390 e. The van der Waals surface area contributed by atoms with E-state index in [4.69, 9.17) is 0 Å². The number of amides is 2. The number of rotatable bonds is 3. The van der Waals surface area contributed by atoms with Crippen molar-refractivity contribution in [1.82, 2.24) is 15.6 Å². The quantitative estimate of drug-likeness (QED) is 0.814. The molecule has 2 amide bonds. The molecule has 5 nitrogen and oxygen atoms in total. The van der Waals surface area contributed by atoms with Gasteiger partial charge in [0.05, 0.1) is 18.2 Å². The summed E-state index contributed by atoms with van der Waals surface area (Å²) in [4.78, 5) is 17.6.